The predicted molar refractivity (Wildman–Crippen MR) is 115 cm³/mol. The highest BCUT2D eigenvalue weighted by Crippen LogP contribution is 2.43. The summed E-state index contributed by atoms with van der Waals surface area (Å²) in [4.78, 5) is 16.9. The quantitative estimate of drug-likeness (QED) is 0.751. The van der Waals surface area contributed by atoms with Gasteiger partial charge in [0, 0.05) is 18.0 Å². The Kier molecular flexibility index (Phi) is 5.50. The molecule has 2 aromatic carbocycles. The number of rotatable bonds is 4. The molecule has 2 aliphatic rings. The molecule has 1 saturated heterocycles. The molecule has 2 aromatic rings. The van der Waals surface area contributed by atoms with Crippen LogP contribution in [-0.4, -0.2) is 30.5 Å². The molecule has 0 saturated carbocycles. The normalized spacial score (nSPS) is 19.1. The van der Waals surface area contributed by atoms with Gasteiger partial charge in [-0.3, -0.25) is 9.69 Å². The maximum Gasteiger partial charge on any atom is 0.229 e. The van der Waals surface area contributed by atoms with E-state index in [-0.39, 0.29) is 11.8 Å². The fraction of sp³-hybridized carbons (Fsp3) is 0.304. The lowest BCUT2D eigenvalue weighted by Crippen LogP contribution is -2.47. The molecule has 1 atom stereocenters. The number of methoxy groups -OCH3 is 1. The topological polar surface area (TPSA) is 56.6 Å². The molecule has 0 aliphatic carbocycles. The third kappa shape index (κ3) is 3.70. The van der Waals surface area contributed by atoms with Gasteiger partial charge in [-0.15, -0.1) is 0 Å². The first-order chi connectivity index (χ1) is 14.1. The average molecular weight is 406 g/mol. The summed E-state index contributed by atoms with van der Waals surface area (Å²) in [5, 5.41) is 10.7. The lowest BCUT2D eigenvalue weighted by Gasteiger charge is -2.42. The lowest BCUT2D eigenvalue weighted by molar-refractivity contribution is -0.129. The van der Waals surface area contributed by atoms with Crippen LogP contribution < -0.4 is 9.64 Å². The van der Waals surface area contributed by atoms with Gasteiger partial charge in [-0.1, -0.05) is 43.0 Å². The highest BCUT2D eigenvalue weighted by atomic mass is 32.2. The molecule has 0 N–H and O–H groups in total. The van der Waals surface area contributed by atoms with Gasteiger partial charge in [0.05, 0.1) is 36.3 Å². The molecular weight excluding hydrogens is 382 g/mol. The molecule has 0 bridgehead atoms. The van der Waals surface area contributed by atoms with E-state index in [1.54, 1.807) is 23.8 Å². The van der Waals surface area contributed by atoms with E-state index in [4.69, 9.17) is 4.74 Å². The summed E-state index contributed by atoms with van der Waals surface area (Å²) in [5.74, 6) is 1.40. The van der Waals surface area contributed by atoms with Crippen molar-refractivity contribution in [3.63, 3.8) is 0 Å². The van der Waals surface area contributed by atoms with E-state index in [1.807, 2.05) is 24.3 Å². The van der Waals surface area contributed by atoms with Crippen LogP contribution in [0.1, 0.15) is 30.4 Å². The number of amides is 1. The molecule has 0 spiro atoms. The van der Waals surface area contributed by atoms with E-state index in [1.165, 1.54) is 5.56 Å². The van der Waals surface area contributed by atoms with Gasteiger partial charge >= 0.3 is 0 Å². The minimum absolute atomic E-state index is 0.0641. The smallest absolute Gasteiger partial charge is 0.229 e. The largest absolute Gasteiger partial charge is 0.497 e. The Morgan fingerprint density at radius 1 is 1.17 bits per heavy atom. The Balaban J connectivity index is 1.61. The van der Waals surface area contributed by atoms with E-state index < -0.39 is 0 Å². The summed E-state index contributed by atoms with van der Waals surface area (Å²) in [6.07, 6.45) is 1.30. The Morgan fingerprint density at radius 2 is 1.90 bits per heavy atom. The second-order valence-electron chi connectivity index (χ2n) is 7.16. The van der Waals surface area contributed by atoms with Gasteiger partial charge in [-0.05, 0) is 41.8 Å². The Morgan fingerprint density at radius 3 is 2.52 bits per heavy atom. The standard InChI is InChI=1S/C23H23N3O2S/c1-3-16-4-6-17(7-5-16)20-12-22(27)26-14-25(15-29-23(26)21(20)13-24)18-8-10-19(28-2)11-9-18/h4-11,20H,3,12,14-15H2,1-2H3/t20-/m0/s1. The van der Waals surface area contributed by atoms with Crippen LogP contribution in [0.25, 0.3) is 0 Å². The van der Waals surface area contributed by atoms with Crippen molar-refractivity contribution in [1.29, 1.82) is 5.26 Å². The number of carbonyl (C=O) groups excluding carboxylic acids is 1. The molecule has 0 radical (unpaired) electrons. The zero-order valence-electron chi connectivity index (χ0n) is 16.6. The first-order valence-electron chi connectivity index (χ1n) is 9.69. The number of anilines is 1. The van der Waals surface area contributed by atoms with Crippen molar-refractivity contribution in [3.05, 3.63) is 70.3 Å². The van der Waals surface area contributed by atoms with Crippen LogP contribution in [0.3, 0.4) is 0 Å². The number of carbonyl (C=O) groups is 1. The van der Waals surface area contributed by atoms with Gasteiger partial charge in [-0.2, -0.15) is 5.26 Å². The maximum atomic E-state index is 13.0. The Labute approximate surface area is 175 Å². The fourth-order valence-corrected chi connectivity index (χ4v) is 4.96. The van der Waals surface area contributed by atoms with Gasteiger partial charge in [0.1, 0.15) is 5.75 Å². The zero-order valence-corrected chi connectivity index (χ0v) is 17.4. The monoisotopic (exact) mass is 405 g/mol. The second kappa shape index (κ2) is 8.22. The molecule has 1 amide bonds. The number of benzene rings is 2. The molecule has 2 heterocycles. The number of ether oxygens (including phenoxy) is 1. The Hall–Kier alpha value is -2.91. The molecule has 6 heteroatoms. The molecule has 148 valence electrons. The summed E-state index contributed by atoms with van der Waals surface area (Å²) in [5.41, 5.74) is 4.03. The minimum Gasteiger partial charge on any atom is -0.497 e. The van der Waals surface area contributed by atoms with Crippen molar-refractivity contribution >= 4 is 23.4 Å². The number of fused-ring (bicyclic) bond motifs is 1. The van der Waals surface area contributed by atoms with Crippen LogP contribution in [0.2, 0.25) is 0 Å². The van der Waals surface area contributed by atoms with Crippen molar-refractivity contribution in [2.75, 3.05) is 24.6 Å². The summed E-state index contributed by atoms with van der Waals surface area (Å²) in [6, 6.07) is 18.5. The third-order valence-corrected chi connectivity index (χ3v) is 6.68. The summed E-state index contributed by atoms with van der Waals surface area (Å²) in [6.45, 7) is 2.58. The minimum atomic E-state index is -0.162. The number of allylic oxidation sites excluding steroid dienone is 1. The van der Waals surface area contributed by atoms with Gasteiger partial charge in [0.25, 0.3) is 0 Å². The predicted octanol–water partition coefficient (Wildman–Crippen LogP) is 4.48. The molecule has 0 aromatic heterocycles. The van der Waals surface area contributed by atoms with Crippen molar-refractivity contribution < 1.29 is 9.53 Å². The molecule has 2 aliphatic heterocycles. The summed E-state index contributed by atoms with van der Waals surface area (Å²) in [7, 11) is 1.64. The van der Waals surface area contributed by atoms with Crippen LogP contribution in [0.5, 0.6) is 5.75 Å². The van der Waals surface area contributed by atoms with Crippen LogP contribution in [0, 0.1) is 11.3 Å². The number of hydrogen-bond donors (Lipinski definition) is 0. The van der Waals surface area contributed by atoms with Gasteiger partial charge in [0.15, 0.2) is 0 Å². The van der Waals surface area contributed by atoms with Crippen molar-refractivity contribution in [2.24, 2.45) is 0 Å². The van der Waals surface area contributed by atoms with Crippen LogP contribution >= 0.6 is 11.8 Å². The van der Waals surface area contributed by atoms with E-state index in [9.17, 15) is 10.1 Å². The molecular formula is C23H23N3O2S. The third-order valence-electron chi connectivity index (χ3n) is 5.52. The van der Waals surface area contributed by atoms with Crippen LogP contribution in [0.15, 0.2) is 59.1 Å². The Bertz CT molecular complexity index is 977. The molecule has 0 unspecified atom stereocenters. The number of nitrogens with zero attached hydrogens (tertiary/aromatic N) is 3. The van der Waals surface area contributed by atoms with E-state index in [2.05, 4.69) is 42.2 Å². The maximum absolute atomic E-state index is 13.0. The summed E-state index contributed by atoms with van der Waals surface area (Å²) >= 11 is 1.56. The lowest BCUT2D eigenvalue weighted by atomic mass is 9.86. The summed E-state index contributed by atoms with van der Waals surface area (Å²) < 4.78 is 5.22. The van der Waals surface area contributed by atoms with E-state index in [0.717, 1.165) is 28.5 Å². The van der Waals surface area contributed by atoms with Crippen molar-refractivity contribution in [2.45, 2.75) is 25.7 Å². The van der Waals surface area contributed by atoms with Crippen LogP contribution in [-0.2, 0) is 11.2 Å². The molecule has 1 fully saturated rings. The van der Waals surface area contributed by atoms with Gasteiger partial charge in [0.2, 0.25) is 5.91 Å². The number of hydrogen-bond acceptors (Lipinski definition) is 5. The first-order valence-corrected chi connectivity index (χ1v) is 10.7. The number of thioether (sulfide) groups is 1. The first kappa shape index (κ1) is 19.4. The molecule has 4 rings (SSSR count). The second-order valence-corrected chi connectivity index (χ2v) is 8.09. The highest BCUT2D eigenvalue weighted by Gasteiger charge is 2.38. The van der Waals surface area contributed by atoms with Crippen LogP contribution in [0.4, 0.5) is 5.69 Å². The average Bonchev–Trinajstić information content (AvgIpc) is 2.79. The highest BCUT2D eigenvalue weighted by molar-refractivity contribution is 8.03. The number of nitriles is 1. The fourth-order valence-electron chi connectivity index (χ4n) is 3.79. The molecule has 29 heavy (non-hydrogen) atoms. The van der Waals surface area contributed by atoms with Gasteiger partial charge < -0.3 is 9.64 Å². The number of aryl methyl sites for hydroxylation is 1. The zero-order chi connectivity index (χ0) is 20.4. The van der Waals surface area contributed by atoms with Gasteiger partial charge in [-0.25, -0.2) is 0 Å². The van der Waals surface area contributed by atoms with Crippen molar-refractivity contribution in [1.82, 2.24) is 4.90 Å². The van der Waals surface area contributed by atoms with E-state index in [0.29, 0.717) is 24.5 Å². The molecule has 5 nitrogen and oxygen atoms in total. The van der Waals surface area contributed by atoms with Crippen molar-refractivity contribution in [3.8, 4) is 11.8 Å². The van der Waals surface area contributed by atoms with E-state index >= 15 is 0 Å². The SMILES string of the molecule is CCc1ccc([C@@H]2CC(=O)N3CN(c4ccc(OC)cc4)CSC3=C2C#N)cc1.